The van der Waals surface area contributed by atoms with Crippen molar-refractivity contribution in [3.8, 4) is 11.5 Å². The molecule has 1 aromatic heterocycles. The first-order chi connectivity index (χ1) is 9.97. The monoisotopic (exact) mass is 353 g/mol. The molecule has 0 aliphatic rings. The quantitative estimate of drug-likeness (QED) is 0.859. The fourth-order valence-corrected chi connectivity index (χ4v) is 2.36. The molecular weight excluding hydrogens is 338 g/mol. The van der Waals surface area contributed by atoms with E-state index in [9.17, 15) is 4.79 Å². The fraction of sp³-hybridized carbons (Fsp3) is 0.357. The molecule has 1 N–H and O–H groups in total. The van der Waals surface area contributed by atoms with Gasteiger partial charge in [0.05, 0.1) is 18.0 Å². The van der Waals surface area contributed by atoms with Crippen molar-refractivity contribution in [2.45, 2.75) is 13.5 Å². The van der Waals surface area contributed by atoms with Gasteiger partial charge in [-0.25, -0.2) is 0 Å². The summed E-state index contributed by atoms with van der Waals surface area (Å²) in [6.07, 6.45) is 0. The smallest absolute Gasteiger partial charge is 0.307 e. The molecule has 21 heavy (non-hydrogen) atoms. The highest BCUT2D eigenvalue weighted by atomic mass is 79.9. The number of aromatic nitrogens is 2. The Hall–Kier alpha value is -1.73. The second-order valence-electron chi connectivity index (χ2n) is 4.92. The Labute approximate surface area is 130 Å². The molecule has 0 saturated carbocycles. The second kappa shape index (κ2) is 6.82. The van der Waals surface area contributed by atoms with E-state index in [-0.39, 0.29) is 0 Å². The Morgan fingerprint density at radius 3 is 2.81 bits per heavy atom. The molecule has 2 rings (SSSR count). The predicted octanol–water partition coefficient (Wildman–Crippen LogP) is 2.65. The first-order valence-corrected chi connectivity index (χ1v) is 7.25. The van der Waals surface area contributed by atoms with Gasteiger partial charge in [-0.1, -0.05) is 19.1 Å². The first-order valence-electron chi connectivity index (χ1n) is 6.46. The average Bonchev–Trinajstić information content (AvgIpc) is 2.87. The van der Waals surface area contributed by atoms with Crippen LogP contribution in [-0.2, 0) is 11.3 Å². The summed E-state index contributed by atoms with van der Waals surface area (Å²) in [6.45, 7) is 2.50. The molecule has 1 unspecified atom stereocenters. The molecular formula is C14H16BrN3O3. The minimum Gasteiger partial charge on any atom is -0.481 e. The van der Waals surface area contributed by atoms with Gasteiger partial charge in [0, 0.05) is 11.0 Å². The largest absolute Gasteiger partial charge is 0.481 e. The minimum absolute atomic E-state index is 0.412. The molecule has 1 aromatic carbocycles. The summed E-state index contributed by atoms with van der Waals surface area (Å²) >= 11 is 3.44. The van der Waals surface area contributed by atoms with Gasteiger partial charge in [-0.05, 0) is 35.1 Å². The third-order valence-corrected chi connectivity index (χ3v) is 3.67. The lowest BCUT2D eigenvalue weighted by Crippen LogP contribution is -2.28. The average molecular weight is 354 g/mol. The van der Waals surface area contributed by atoms with Gasteiger partial charge in [-0.2, -0.15) is 0 Å². The number of benzene rings is 1. The van der Waals surface area contributed by atoms with Crippen LogP contribution in [0.1, 0.15) is 12.8 Å². The van der Waals surface area contributed by atoms with Gasteiger partial charge in [0.2, 0.25) is 11.8 Å². The number of carboxylic acid groups (broad SMARTS) is 1. The number of halogens is 1. The van der Waals surface area contributed by atoms with Crippen molar-refractivity contribution in [1.29, 1.82) is 0 Å². The number of carbonyl (C=O) groups is 1. The highest BCUT2D eigenvalue weighted by Gasteiger charge is 2.16. The Kier molecular flexibility index (Phi) is 5.08. The number of nitrogens with zero attached hydrogens (tertiary/aromatic N) is 3. The summed E-state index contributed by atoms with van der Waals surface area (Å²) in [6, 6.07) is 7.59. The number of aliphatic carboxylic acids is 1. The minimum atomic E-state index is -0.818. The Bertz CT molecular complexity index is 629. The number of hydrogen-bond acceptors (Lipinski definition) is 5. The third-order valence-electron chi connectivity index (χ3n) is 2.98. The van der Waals surface area contributed by atoms with Gasteiger partial charge in [0.1, 0.15) is 0 Å². The van der Waals surface area contributed by atoms with E-state index in [2.05, 4.69) is 26.1 Å². The lowest BCUT2D eigenvalue weighted by Gasteiger charge is -2.16. The number of carboxylic acids is 1. The molecule has 2 aromatic rings. The summed E-state index contributed by atoms with van der Waals surface area (Å²) < 4.78 is 6.50. The molecule has 112 valence electrons. The van der Waals surface area contributed by atoms with Crippen LogP contribution in [-0.4, -0.2) is 39.8 Å². The molecule has 0 amide bonds. The van der Waals surface area contributed by atoms with Gasteiger partial charge in [-0.15, -0.1) is 10.2 Å². The molecule has 7 heteroatoms. The Balaban J connectivity index is 2.04. The van der Waals surface area contributed by atoms with Crippen molar-refractivity contribution in [2.24, 2.45) is 5.92 Å². The van der Waals surface area contributed by atoms with E-state index in [1.54, 1.807) is 6.92 Å². The molecule has 0 aliphatic heterocycles. The van der Waals surface area contributed by atoms with Crippen LogP contribution < -0.4 is 0 Å². The van der Waals surface area contributed by atoms with Crippen LogP contribution in [0.2, 0.25) is 0 Å². The van der Waals surface area contributed by atoms with Crippen molar-refractivity contribution < 1.29 is 14.3 Å². The summed E-state index contributed by atoms with van der Waals surface area (Å²) in [5.41, 5.74) is 0.831. The Morgan fingerprint density at radius 2 is 2.14 bits per heavy atom. The summed E-state index contributed by atoms with van der Waals surface area (Å²) in [5, 5.41) is 16.9. The highest BCUT2D eigenvalue weighted by Crippen LogP contribution is 2.26. The molecule has 6 nitrogen and oxygen atoms in total. The van der Waals surface area contributed by atoms with Crippen LogP contribution in [0.3, 0.4) is 0 Å². The second-order valence-corrected chi connectivity index (χ2v) is 5.77. The van der Waals surface area contributed by atoms with E-state index in [1.807, 2.05) is 36.2 Å². The first kappa shape index (κ1) is 15.7. The zero-order chi connectivity index (χ0) is 15.4. The molecule has 0 aliphatic carbocycles. The molecule has 1 atom stereocenters. The van der Waals surface area contributed by atoms with E-state index >= 15 is 0 Å². The van der Waals surface area contributed by atoms with Crippen LogP contribution in [0.5, 0.6) is 0 Å². The van der Waals surface area contributed by atoms with Crippen molar-refractivity contribution in [1.82, 2.24) is 15.1 Å². The van der Waals surface area contributed by atoms with E-state index in [0.717, 1.165) is 10.0 Å². The topological polar surface area (TPSA) is 79.5 Å². The lowest BCUT2D eigenvalue weighted by molar-refractivity contribution is -0.141. The van der Waals surface area contributed by atoms with Gasteiger partial charge < -0.3 is 9.52 Å². The van der Waals surface area contributed by atoms with Gasteiger partial charge in [0.15, 0.2) is 0 Å². The molecule has 0 bridgehead atoms. The fourth-order valence-electron chi connectivity index (χ4n) is 1.90. The zero-order valence-electron chi connectivity index (χ0n) is 11.8. The molecule has 0 radical (unpaired) electrons. The molecule has 0 saturated heterocycles. The van der Waals surface area contributed by atoms with Crippen molar-refractivity contribution >= 4 is 21.9 Å². The van der Waals surface area contributed by atoms with Gasteiger partial charge in [-0.3, -0.25) is 9.69 Å². The SMILES string of the molecule is CC(CN(C)Cc1nnc(-c2ccccc2Br)o1)C(=O)O. The normalized spacial score (nSPS) is 12.6. The van der Waals surface area contributed by atoms with Crippen molar-refractivity contribution in [3.05, 3.63) is 34.6 Å². The van der Waals surface area contributed by atoms with Crippen LogP contribution in [0.4, 0.5) is 0 Å². The van der Waals surface area contributed by atoms with Crippen LogP contribution in [0, 0.1) is 5.92 Å². The maximum absolute atomic E-state index is 10.8. The van der Waals surface area contributed by atoms with Crippen LogP contribution in [0.25, 0.3) is 11.5 Å². The van der Waals surface area contributed by atoms with Crippen LogP contribution in [0.15, 0.2) is 33.2 Å². The predicted molar refractivity (Wildman–Crippen MR) is 80.6 cm³/mol. The maximum Gasteiger partial charge on any atom is 0.307 e. The van der Waals surface area contributed by atoms with E-state index in [4.69, 9.17) is 9.52 Å². The van der Waals surface area contributed by atoms with E-state index in [1.165, 1.54) is 0 Å². The zero-order valence-corrected chi connectivity index (χ0v) is 13.4. The van der Waals surface area contributed by atoms with E-state index in [0.29, 0.717) is 24.9 Å². The summed E-state index contributed by atoms with van der Waals surface area (Å²) in [4.78, 5) is 12.7. The lowest BCUT2D eigenvalue weighted by atomic mass is 10.2. The van der Waals surface area contributed by atoms with Crippen molar-refractivity contribution in [2.75, 3.05) is 13.6 Å². The Morgan fingerprint density at radius 1 is 1.43 bits per heavy atom. The third kappa shape index (κ3) is 4.12. The summed E-state index contributed by atoms with van der Waals surface area (Å²) in [7, 11) is 1.82. The standard InChI is InChI=1S/C14H16BrN3O3/c1-9(14(19)20)7-18(2)8-12-16-17-13(21-12)10-5-3-4-6-11(10)15/h3-6,9H,7-8H2,1-2H3,(H,19,20). The van der Waals surface area contributed by atoms with Crippen LogP contribution >= 0.6 is 15.9 Å². The maximum atomic E-state index is 10.8. The number of rotatable bonds is 6. The summed E-state index contributed by atoms with van der Waals surface area (Å²) in [5.74, 6) is -0.361. The highest BCUT2D eigenvalue weighted by molar-refractivity contribution is 9.10. The van der Waals surface area contributed by atoms with Gasteiger partial charge in [0.25, 0.3) is 0 Å². The molecule has 0 fully saturated rings. The number of hydrogen-bond donors (Lipinski definition) is 1. The van der Waals surface area contributed by atoms with Crippen molar-refractivity contribution in [3.63, 3.8) is 0 Å². The van der Waals surface area contributed by atoms with Gasteiger partial charge >= 0.3 is 5.97 Å². The molecule has 1 heterocycles. The van der Waals surface area contributed by atoms with E-state index < -0.39 is 11.9 Å². The molecule has 0 spiro atoms.